The summed E-state index contributed by atoms with van der Waals surface area (Å²) in [5.41, 5.74) is 2.39. The third-order valence-electron chi connectivity index (χ3n) is 3.60. The first-order valence-corrected chi connectivity index (χ1v) is 7.31. The van der Waals surface area contributed by atoms with E-state index in [2.05, 4.69) is 24.4 Å². The van der Waals surface area contributed by atoms with Crippen molar-refractivity contribution in [2.24, 2.45) is 0 Å². The van der Waals surface area contributed by atoms with Crippen LogP contribution in [0.3, 0.4) is 0 Å². The largest absolute Gasteiger partial charge is 0.497 e. The number of halogens is 1. The Labute approximate surface area is 126 Å². The lowest BCUT2D eigenvalue weighted by molar-refractivity contribution is 0.413. The summed E-state index contributed by atoms with van der Waals surface area (Å²) in [7, 11) is 1.68. The van der Waals surface area contributed by atoms with Gasteiger partial charge in [-0.1, -0.05) is 24.3 Å². The molecule has 3 heteroatoms. The van der Waals surface area contributed by atoms with Crippen LogP contribution < -0.4 is 10.1 Å². The predicted octanol–water partition coefficient (Wildman–Crippen LogP) is 4.12. The SMILES string of the molecule is COc1cccc(C(C)NCCCc2ccc(F)cc2)c1. The van der Waals surface area contributed by atoms with E-state index in [0.717, 1.165) is 25.1 Å². The van der Waals surface area contributed by atoms with Crippen LogP contribution in [-0.4, -0.2) is 13.7 Å². The van der Waals surface area contributed by atoms with Gasteiger partial charge in [-0.25, -0.2) is 4.39 Å². The highest BCUT2D eigenvalue weighted by Crippen LogP contribution is 2.18. The summed E-state index contributed by atoms with van der Waals surface area (Å²) in [6.45, 7) is 3.07. The summed E-state index contributed by atoms with van der Waals surface area (Å²) in [4.78, 5) is 0. The Morgan fingerprint density at radius 2 is 1.90 bits per heavy atom. The van der Waals surface area contributed by atoms with Crippen LogP contribution in [-0.2, 0) is 6.42 Å². The molecule has 0 bridgehead atoms. The number of hydrogen-bond donors (Lipinski definition) is 1. The zero-order chi connectivity index (χ0) is 15.1. The fraction of sp³-hybridized carbons (Fsp3) is 0.333. The van der Waals surface area contributed by atoms with E-state index in [1.807, 2.05) is 24.3 Å². The van der Waals surface area contributed by atoms with Gasteiger partial charge >= 0.3 is 0 Å². The summed E-state index contributed by atoms with van der Waals surface area (Å²) in [5.74, 6) is 0.705. The molecule has 2 nitrogen and oxygen atoms in total. The molecule has 0 fully saturated rings. The van der Waals surface area contributed by atoms with Crippen LogP contribution >= 0.6 is 0 Å². The van der Waals surface area contributed by atoms with Crippen LogP contribution in [0.25, 0.3) is 0 Å². The van der Waals surface area contributed by atoms with Gasteiger partial charge in [0.05, 0.1) is 7.11 Å². The van der Waals surface area contributed by atoms with E-state index in [0.29, 0.717) is 0 Å². The average Bonchev–Trinajstić information content (AvgIpc) is 2.53. The third-order valence-corrected chi connectivity index (χ3v) is 3.60. The molecule has 1 unspecified atom stereocenters. The molecule has 112 valence electrons. The van der Waals surface area contributed by atoms with Gasteiger partial charge in [-0.2, -0.15) is 0 Å². The van der Waals surface area contributed by atoms with Crippen LogP contribution in [0.2, 0.25) is 0 Å². The lowest BCUT2D eigenvalue weighted by Gasteiger charge is -2.15. The normalized spacial score (nSPS) is 12.1. The van der Waals surface area contributed by atoms with Crippen molar-refractivity contribution in [1.29, 1.82) is 0 Å². The van der Waals surface area contributed by atoms with Crippen molar-refractivity contribution in [3.8, 4) is 5.75 Å². The molecule has 2 aromatic carbocycles. The second-order valence-corrected chi connectivity index (χ2v) is 5.18. The Morgan fingerprint density at radius 3 is 2.62 bits per heavy atom. The smallest absolute Gasteiger partial charge is 0.123 e. The van der Waals surface area contributed by atoms with E-state index >= 15 is 0 Å². The lowest BCUT2D eigenvalue weighted by atomic mass is 10.1. The highest BCUT2D eigenvalue weighted by atomic mass is 19.1. The minimum Gasteiger partial charge on any atom is -0.497 e. The summed E-state index contributed by atoms with van der Waals surface area (Å²) in [6.07, 6.45) is 1.98. The van der Waals surface area contributed by atoms with Gasteiger partial charge in [0.25, 0.3) is 0 Å². The van der Waals surface area contributed by atoms with Crippen molar-refractivity contribution in [1.82, 2.24) is 5.32 Å². The Kier molecular flexibility index (Phi) is 5.76. The molecule has 0 radical (unpaired) electrons. The molecule has 1 N–H and O–H groups in total. The molecule has 0 aliphatic rings. The van der Waals surface area contributed by atoms with E-state index in [4.69, 9.17) is 4.74 Å². The maximum Gasteiger partial charge on any atom is 0.123 e. The Bertz CT molecular complexity index is 553. The number of aryl methyl sites for hydroxylation is 1. The van der Waals surface area contributed by atoms with Crippen molar-refractivity contribution in [3.05, 3.63) is 65.5 Å². The molecule has 1 atom stereocenters. The quantitative estimate of drug-likeness (QED) is 0.774. The van der Waals surface area contributed by atoms with Crippen molar-refractivity contribution in [3.63, 3.8) is 0 Å². The lowest BCUT2D eigenvalue weighted by Crippen LogP contribution is -2.20. The predicted molar refractivity (Wildman–Crippen MR) is 84.1 cm³/mol. The van der Waals surface area contributed by atoms with Gasteiger partial charge in [-0.3, -0.25) is 0 Å². The molecule has 0 aliphatic heterocycles. The van der Waals surface area contributed by atoms with Crippen LogP contribution in [0, 0.1) is 5.82 Å². The molecule has 0 saturated heterocycles. The van der Waals surface area contributed by atoms with Gasteiger partial charge in [0.15, 0.2) is 0 Å². The maximum absolute atomic E-state index is 12.8. The van der Waals surface area contributed by atoms with Crippen LogP contribution in [0.5, 0.6) is 5.75 Å². The first-order chi connectivity index (χ1) is 10.2. The second kappa shape index (κ2) is 7.79. The summed E-state index contributed by atoms with van der Waals surface area (Å²) in [6, 6.07) is 15.1. The van der Waals surface area contributed by atoms with Crippen molar-refractivity contribution in [2.45, 2.75) is 25.8 Å². The van der Waals surface area contributed by atoms with Crippen LogP contribution in [0.15, 0.2) is 48.5 Å². The standard InChI is InChI=1S/C18H22FNO/c1-14(16-6-3-7-18(13-16)21-2)20-12-4-5-15-8-10-17(19)11-9-15/h3,6-11,13-14,20H,4-5,12H2,1-2H3. The molecule has 0 aliphatic carbocycles. The number of hydrogen-bond acceptors (Lipinski definition) is 2. The van der Waals surface area contributed by atoms with E-state index in [1.54, 1.807) is 7.11 Å². The molecule has 2 aromatic rings. The molecule has 21 heavy (non-hydrogen) atoms. The van der Waals surface area contributed by atoms with Crippen LogP contribution in [0.4, 0.5) is 4.39 Å². The van der Waals surface area contributed by atoms with E-state index < -0.39 is 0 Å². The van der Waals surface area contributed by atoms with Crippen molar-refractivity contribution in [2.75, 3.05) is 13.7 Å². The molecule has 2 rings (SSSR count). The van der Waals surface area contributed by atoms with Gasteiger partial charge in [-0.05, 0) is 61.7 Å². The molecule has 0 aromatic heterocycles. The fourth-order valence-electron chi connectivity index (χ4n) is 2.29. The highest BCUT2D eigenvalue weighted by Gasteiger charge is 2.05. The summed E-state index contributed by atoms with van der Waals surface area (Å²) in [5, 5.41) is 3.50. The van der Waals surface area contributed by atoms with E-state index in [-0.39, 0.29) is 11.9 Å². The minimum atomic E-state index is -0.177. The second-order valence-electron chi connectivity index (χ2n) is 5.18. The number of nitrogens with one attached hydrogen (secondary N) is 1. The minimum absolute atomic E-state index is 0.177. The molecule has 0 amide bonds. The molecule has 0 heterocycles. The average molecular weight is 287 g/mol. The molecule has 0 saturated carbocycles. The molecular formula is C18H22FNO. The Balaban J connectivity index is 1.76. The monoisotopic (exact) mass is 287 g/mol. The van der Waals surface area contributed by atoms with E-state index in [1.165, 1.54) is 23.3 Å². The summed E-state index contributed by atoms with van der Waals surface area (Å²) >= 11 is 0. The third kappa shape index (κ3) is 4.87. The van der Waals surface area contributed by atoms with Gasteiger partial charge in [0.2, 0.25) is 0 Å². The Hall–Kier alpha value is -1.87. The number of methoxy groups -OCH3 is 1. The number of rotatable bonds is 7. The van der Waals surface area contributed by atoms with Crippen LogP contribution in [0.1, 0.15) is 30.5 Å². The van der Waals surface area contributed by atoms with Gasteiger partial charge in [0, 0.05) is 6.04 Å². The Morgan fingerprint density at radius 1 is 1.14 bits per heavy atom. The zero-order valence-electron chi connectivity index (χ0n) is 12.6. The van der Waals surface area contributed by atoms with Gasteiger partial charge < -0.3 is 10.1 Å². The molecule has 0 spiro atoms. The topological polar surface area (TPSA) is 21.3 Å². The first-order valence-electron chi connectivity index (χ1n) is 7.31. The first kappa shape index (κ1) is 15.5. The zero-order valence-corrected chi connectivity index (χ0v) is 12.6. The van der Waals surface area contributed by atoms with Gasteiger partial charge in [-0.15, -0.1) is 0 Å². The van der Waals surface area contributed by atoms with Crippen molar-refractivity contribution >= 4 is 0 Å². The number of ether oxygens (including phenoxy) is 1. The summed E-state index contributed by atoms with van der Waals surface area (Å²) < 4.78 is 18.0. The molecular weight excluding hydrogens is 265 g/mol. The fourth-order valence-corrected chi connectivity index (χ4v) is 2.29. The van der Waals surface area contributed by atoms with Crippen molar-refractivity contribution < 1.29 is 9.13 Å². The number of benzene rings is 2. The maximum atomic E-state index is 12.8. The van der Waals surface area contributed by atoms with Gasteiger partial charge in [0.1, 0.15) is 11.6 Å². The van der Waals surface area contributed by atoms with E-state index in [9.17, 15) is 4.39 Å². The highest BCUT2D eigenvalue weighted by molar-refractivity contribution is 5.30.